The highest BCUT2D eigenvalue weighted by Crippen LogP contribution is 2.06. The number of nitrogens with one attached hydrogen (secondary N) is 1. The summed E-state index contributed by atoms with van der Waals surface area (Å²) in [6.45, 7) is 0. The third-order valence-corrected chi connectivity index (χ3v) is 2.55. The summed E-state index contributed by atoms with van der Waals surface area (Å²) in [6, 6.07) is 4.22. The Morgan fingerprint density at radius 3 is 2.67 bits per heavy atom. The molecule has 0 spiro atoms. The van der Waals surface area contributed by atoms with Gasteiger partial charge in [-0.2, -0.15) is 0 Å². The normalized spacial score (nSPS) is 10.4. The van der Waals surface area contributed by atoms with Gasteiger partial charge in [0.2, 0.25) is 0 Å². The van der Waals surface area contributed by atoms with E-state index in [1.807, 2.05) is 6.20 Å². The van der Waals surface area contributed by atoms with Crippen molar-refractivity contribution in [3.63, 3.8) is 0 Å². The minimum Gasteiger partial charge on any atom is -0.365 e. The maximum Gasteiger partial charge on any atom is 0.0147 e. The quantitative estimate of drug-likeness (QED) is 0.568. The molecule has 0 aliphatic rings. The van der Waals surface area contributed by atoms with Crippen molar-refractivity contribution < 1.29 is 0 Å². The Bertz CT molecular complexity index is 182. The number of aromatic nitrogens is 1. The Labute approximate surface area is 82.7 Å². The van der Waals surface area contributed by atoms with E-state index >= 15 is 0 Å². The highest BCUT2D eigenvalue weighted by molar-refractivity contribution is 9.09. The van der Waals surface area contributed by atoms with E-state index in [0.717, 1.165) is 5.33 Å². The van der Waals surface area contributed by atoms with Gasteiger partial charge < -0.3 is 4.98 Å². The minimum absolute atomic E-state index is 1.15. The summed E-state index contributed by atoms with van der Waals surface area (Å²) in [6.07, 6.45) is 8.53. The third-order valence-electron chi connectivity index (χ3n) is 1.99. The summed E-state index contributed by atoms with van der Waals surface area (Å²) in [7, 11) is 0. The molecule has 0 aliphatic heterocycles. The fraction of sp³-hybridized carbons (Fsp3) is 0.600. The van der Waals surface area contributed by atoms with Crippen LogP contribution in [0, 0.1) is 0 Å². The lowest BCUT2D eigenvalue weighted by Gasteiger charge is -1.97. The number of hydrogen-bond donors (Lipinski definition) is 1. The highest BCUT2D eigenvalue weighted by Gasteiger charge is 1.92. The first-order valence-corrected chi connectivity index (χ1v) is 5.74. The van der Waals surface area contributed by atoms with Gasteiger partial charge in [0.15, 0.2) is 0 Å². The van der Waals surface area contributed by atoms with Gasteiger partial charge in [0, 0.05) is 17.2 Å². The Hall–Kier alpha value is -0.240. The number of aryl methyl sites for hydroxylation is 1. The number of rotatable bonds is 6. The molecule has 2 heteroatoms. The second kappa shape index (κ2) is 6.30. The molecule has 1 N–H and O–H groups in total. The number of alkyl halides is 1. The lowest BCUT2D eigenvalue weighted by atomic mass is 10.1. The second-order valence-corrected chi connectivity index (χ2v) is 3.84. The van der Waals surface area contributed by atoms with Crippen LogP contribution in [0.1, 0.15) is 31.4 Å². The lowest BCUT2D eigenvalue weighted by Crippen LogP contribution is -1.85. The predicted molar refractivity (Wildman–Crippen MR) is 56.8 cm³/mol. The molecule has 0 fully saturated rings. The van der Waals surface area contributed by atoms with Gasteiger partial charge in [0.1, 0.15) is 0 Å². The monoisotopic (exact) mass is 229 g/mol. The number of aromatic amines is 1. The second-order valence-electron chi connectivity index (χ2n) is 3.05. The fourth-order valence-corrected chi connectivity index (χ4v) is 1.68. The van der Waals surface area contributed by atoms with Crippen molar-refractivity contribution in [3.8, 4) is 0 Å². The van der Waals surface area contributed by atoms with Crippen LogP contribution in [0.15, 0.2) is 18.3 Å². The first kappa shape index (κ1) is 9.85. The number of H-pyrrole nitrogens is 1. The first-order valence-electron chi connectivity index (χ1n) is 4.61. The third kappa shape index (κ3) is 3.96. The van der Waals surface area contributed by atoms with Gasteiger partial charge in [-0.25, -0.2) is 0 Å². The summed E-state index contributed by atoms with van der Waals surface area (Å²) in [5.41, 5.74) is 1.37. The van der Waals surface area contributed by atoms with Gasteiger partial charge >= 0.3 is 0 Å². The van der Waals surface area contributed by atoms with Crippen LogP contribution in [0.2, 0.25) is 0 Å². The molecule has 0 unspecified atom stereocenters. The highest BCUT2D eigenvalue weighted by atomic mass is 79.9. The average molecular weight is 230 g/mol. The Morgan fingerprint density at radius 2 is 2.00 bits per heavy atom. The molecule has 0 atom stereocenters. The van der Waals surface area contributed by atoms with E-state index in [2.05, 4.69) is 33.0 Å². The Morgan fingerprint density at radius 1 is 1.17 bits per heavy atom. The lowest BCUT2D eigenvalue weighted by molar-refractivity contribution is 0.666. The molecule has 1 aromatic rings. The zero-order chi connectivity index (χ0) is 8.65. The molecule has 1 rings (SSSR count). The van der Waals surface area contributed by atoms with Gasteiger partial charge in [-0.15, -0.1) is 0 Å². The molecule has 0 radical (unpaired) electrons. The topological polar surface area (TPSA) is 15.8 Å². The molecule has 0 amide bonds. The van der Waals surface area contributed by atoms with Gasteiger partial charge in [0.05, 0.1) is 0 Å². The average Bonchev–Trinajstić information content (AvgIpc) is 2.57. The van der Waals surface area contributed by atoms with Crippen molar-refractivity contribution in [2.45, 2.75) is 32.1 Å². The number of halogens is 1. The van der Waals surface area contributed by atoms with Crippen LogP contribution in [-0.2, 0) is 6.42 Å². The van der Waals surface area contributed by atoms with Gasteiger partial charge in [0.25, 0.3) is 0 Å². The maximum absolute atomic E-state index is 3.43. The number of hydrogen-bond acceptors (Lipinski definition) is 0. The summed E-state index contributed by atoms with van der Waals surface area (Å²) < 4.78 is 0. The summed E-state index contributed by atoms with van der Waals surface area (Å²) in [5, 5.41) is 1.15. The van der Waals surface area contributed by atoms with E-state index in [1.165, 1.54) is 37.8 Å². The van der Waals surface area contributed by atoms with E-state index in [9.17, 15) is 0 Å². The van der Waals surface area contributed by atoms with Crippen LogP contribution in [0.25, 0.3) is 0 Å². The summed E-state index contributed by atoms with van der Waals surface area (Å²) in [4.78, 5) is 3.22. The zero-order valence-electron chi connectivity index (χ0n) is 7.35. The standard InChI is InChI=1S/C10H16BrN/c11-8-4-2-1-3-6-10-7-5-9-12-10/h5,7,9,12H,1-4,6,8H2. The molecule has 0 aliphatic carbocycles. The molecule has 1 aromatic heterocycles. The SMILES string of the molecule is BrCCCCCCc1ccc[nH]1. The molecule has 1 heterocycles. The van der Waals surface area contributed by atoms with Crippen molar-refractivity contribution in [1.29, 1.82) is 0 Å². The van der Waals surface area contributed by atoms with Crippen LogP contribution in [0.3, 0.4) is 0 Å². The molecule has 12 heavy (non-hydrogen) atoms. The van der Waals surface area contributed by atoms with Crippen molar-refractivity contribution in [3.05, 3.63) is 24.0 Å². The number of unbranched alkanes of at least 4 members (excludes halogenated alkanes) is 3. The summed E-state index contributed by atoms with van der Waals surface area (Å²) >= 11 is 3.43. The van der Waals surface area contributed by atoms with Crippen molar-refractivity contribution in [2.75, 3.05) is 5.33 Å². The van der Waals surface area contributed by atoms with Crippen LogP contribution in [0.4, 0.5) is 0 Å². The molecule has 0 aromatic carbocycles. The van der Waals surface area contributed by atoms with E-state index in [-0.39, 0.29) is 0 Å². The maximum atomic E-state index is 3.43. The van der Waals surface area contributed by atoms with E-state index in [4.69, 9.17) is 0 Å². The smallest absolute Gasteiger partial charge is 0.0147 e. The minimum atomic E-state index is 1.15. The Balaban J connectivity index is 1.96. The molecular weight excluding hydrogens is 214 g/mol. The van der Waals surface area contributed by atoms with Crippen LogP contribution in [0.5, 0.6) is 0 Å². The van der Waals surface area contributed by atoms with Gasteiger partial charge in [-0.3, -0.25) is 0 Å². The first-order chi connectivity index (χ1) is 5.93. The molecule has 0 saturated heterocycles. The summed E-state index contributed by atoms with van der Waals surface area (Å²) in [5.74, 6) is 0. The predicted octanol–water partition coefficient (Wildman–Crippen LogP) is 3.51. The van der Waals surface area contributed by atoms with E-state index in [0.29, 0.717) is 0 Å². The van der Waals surface area contributed by atoms with Crippen molar-refractivity contribution in [2.24, 2.45) is 0 Å². The molecule has 0 bridgehead atoms. The van der Waals surface area contributed by atoms with Crippen LogP contribution in [-0.4, -0.2) is 10.3 Å². The molecule has 1 nitrogen and oxygen atoms in total. The zero-order valence-corrected chi connectivity index (χ0v) is 8.94. The van der Waals surface area contributed by atoms with Crippen molar-refractivity contribution >= 4 is 15.9 Å². The molecular formula is C10H16BrN. The van der Waals surface area contributed by atoms with Crippen LogP contribution < -0.4 is 0 Å². The van der Waals surface area contributed by atoms with E-state index < -0.39 is 0 Å². The van der Waals surface area contributed by atoms with E-state index in [1.54, 1.807) is 0 Å². The van der Waals surface area contributed by atoms with Crippen molar-refractivity contribution in [1.82, 2.24) is 4.98 Å². The van der Waals surface area contributed by atoms with Gasteiger partial charge in [-0.1, -0.05) is 28.8 Å². The molecule has 0 saturated carbocycles. The molecule has 68 valence electrons. The van der Waals surface area contributed by atoms with Crippen LogP contribution >= 0.6 is 15.9 Å². The fourth-order valence-electron chi connectivity index (χ4n) is 1.29. The van der Waals surface area contributed by atoms with Gasteiger partial charge in [-0.05, 0) is 31.4 Å². The Kier molecular flexibility index (Phi) is 5.16. The largest absolute Gasteiger partial charge is 0.365 e.